The first-order valence-corrected chi connectivity index (χ1v) is 11.8. The number of thiazole rings is 1. The Morgan fingerprint density at radius 1 is 1.23 bits per heavy atom. The van der Waals surface area contributed by atoms with Crippen LogP contribution in [0.15, 0.2) is 58.3 Å². The zero-order valence-electron chi connectivity index (χ0n) is 17.3. The molecule has 2 amide bonds. The fourth-order valence-corrected chi connectivity index (χ4v) is 5.26. The molecule has 3 aromatic rings. The van der Waals surface area contributed by atoms with Gasteiger partial charge in [0.25, 0.3) is 0 Å². The number of nitrogens with one attached hydrogen (secondary N) is 1. The van der Waals surface area contributed by atoms with Crippen molar-refractivity contribution in [3.63, 3.8) is 0 Å². The van der Waals surface area contributed by atoms with Crippen molar-refractivity contribution in [3.8, 4) is 5.75 Å². The lowest BCUT2D eigenvalue weighted by Gasteiger charge is -2.22. The summed E-state index contributed by atoms with van der Waals surface area (Å²) in [7, 11) is 1.60. The number of carbonyl (C=O) groups is 2. The Hall–Kier alpha value is -2.84. The molecule has 0 saturated heterocycles. The number of fused-ring (bicyclic) bond motifs is 1. The highest BCUT2D eigenvalue weighted by molar-refractivity contribution is 8.01. The Kier molecular flexibility index (Phi) is 6.58. The van der Waals surface area contributed by atoms with Gasteiger partial charge in [-0.05, 0) is 49.2 Å². The summed E-state index contributed by atoms with van der Waals surface area (Å²) in [6, 6.07) is 15.4. The van der Waals surface area contributed by atoms with Crippen molar-refractivity contribution < 1.29 is 14.3 Å². The van der Waals surface area contributed by atoms with Gasteiger partial charge in [-0.3, -0.25) is 9.59 Å². The van der Waals surface area contributed by atoms with Crippen LogP contribution in [0.2, 0.25) is 0 Å². The molecule has 0 fully saturated rings. The molecule has 1 aromatic heterocycles. The molecule has 6 nitrogen and oxygen atoms in total. The maximum atomic E-state index is 12.9. The fourth-order valence-electron chi connectivity index (χ4n) is 3.62. The summed E-state index contributed by atoms with van der Waals surface area (Å²) < 4.78 is 5.89. The number of amides is 2. The normalized spacial score (nSPS) is 14.9. The molecule has 2 aromatic carbocycles. The quantitative estimate of drug-likeness (QED) is 0.537. The van der Waals surface area contributed by atoms with Gasteiger partial charge in [0.2, 0.25) is 11.8 Å². The smallest absolute Gasteiger partial charge is 0.234 e. The predicted octanol–water partition coefficient (Wildman–Crippen LogP) is 4.40. The van der Waals surface area contributed by atoms with Crippen LogP contribution >= 0.6 is 23.1 Å². The molecular formula is C23H23N3O3S2. The number of rotatable bonds is 7. The third-order valence-electron chi connectivity index (χ3n) is 5.04. The largest absolute Gasteiger partial charge is 0.497 e. The number of nitrogens with zero attached hydrogens (tertiary/aromatic N) is 2. The predicted molar refractivity (Wildman–Crippen MR) is 125 cm³/mol. The van der Waals surface area contributed by atoms with E-state index in [0.29, 0.717) is 0 Å². The number of benzene rings is 2. The third-order valence-corrected chi connectivity index (χ3v) is 7.11. The minimum absolute atomic E-state index is 0.0524. The van der Waals surface area contributed by atoms with E-state index in [1.807, 2.05) is 28.5 Å². The fraction of sp³-hybridized carbons (Fsp3) is 0.261. The van der Waals surface area contributed by atoms with E-state index in [-0.39, 0.29) is 30.0 Å². The molecule has 4 rings (SSSR count). The van der Waals surface area contributed by atoms with Gasteiger partial charge in [0.1, 0.15) is 5.75 Å². The van der Waals surface area contributed by atoms with E-state index in [4.69, 9.17) is 4.74 Å². The van der Waals surface area contributed by atoms with Gasteiger partial charge in [0.15, 0.2) is 4.34 Å². The Morgan fingerprint density at radius 2 is 2.00 bits per heavy atom. The molecule has 1 atom stereocenters. The van der Waals surface area contributed by atoms with E-state index in [0.717, 1.165) is 33.6 Å². The lowest BCUT2D eigenvalue weighted by Crippen LogP contribution is -2.36. The summed E-state index contributed by atoms with van der Waals surface area (Å²) in [6.45, 7) is 2.07. The molecular weight excluding hydrogens is 430 g/mol. The number of anilines is 2. The number of aromatic nitrogens is 1. The highest BCUT2D eigenvalue weighted by atomic mass is 32.2. The van der Waals surface area contributed by atoms with Crippen LogP contribution in [0.5, 0.6) is 5.75 Å². The second-order valence-electron chi connectivity index (χ2n) is 7.29. The number of hydrogen-bond acceptors (Lipinski definition) is 6. The minimum Gasteiger partial charge on any atom is -0.497 e. The van der Waals surface area contributed by atoms with Crippen molar-refractivity contribution in [2.24, 2.45) is 0 Å². The molecule has 0 radical (unpaired) electrons. The van der Waals surface area contributed by atoms with Crippen LogP contribution < -0.4 is 15.0 Å². The molecule has 1 N–H and O–H groups in total. The van der Waals surface area contributed by atoms with Gasteiger partial charge in [-0.2, -0.15) is 0 Å². The Labute approximate surface area is 189 Å². The SMILES string of the molecule is COc1ccc(NC(=O)CSc2nc(CC(=O)N3c4ccccc4C[C@@H]3C)cs2)cc1. The van der Waals surface area contributed by atoms with Gasteiger partial charge in [-0.25, -0.2) is 4.98 Å². The summed E-state index contributed by atoms with van der Waals surface area (Å²) in [4.78, 5) is 31.5. The summed E-state index contributed by atoms with van der Waals surface area (Å²) in [5.41, 5.74) is 3.67. The summed E-state index contributed by atoms with van der Waals surface area (Å²) in [5.74, 6) is 0.940. The van der Waals surface area contributed by atoms with E-state index in [1.54, 1.807) is 31.4 Å². The number of carbonyl (C=O) groups excluding carboxylic acids is 2. The van der Waals surface area contributed by atoms with Crippen molar-refractivity contribution in [1.82, 2.24) is 4.98 Å². The maximum absolute atomic E-state index is 12.9. The van der Waals surface area contributed by atoms with E-state index >= 15 is 0 Å². The highest BCUT2D eigenvalue weighted by Crippen LogP contribution is 2.32. The number of hydrogen-bond donors (Lipinski definition) is 1. The molecule has 31 heavy (non-hydrogen) atoms. The average Bonchev–Trinajstić information content (AvgIpc) is 3.35. The van der Waals surface area contributed by atoms with Gasteiger partial charge >= 0.3 is 0 Å². The molecule has 0 unspecified atom stereocenters. The topological polar surface area (TPSA) is 71.5 Å². The van der Waals surface area contributed by atoms with Crippen LogP contribution in [-0.2, 0) is 22.4 Å². The Morgan fingerprint density at radius 3 is 2.77 bits per heavy atom. The van der Waals surface area contributed by atoms with Crippen molar-refractivity contribution >= 4 is 46.3 Å². The Bertz CT molecular complexity index is 1080. The zero-order chi connectivity index (χ0) is 21.8. The van der Waals surface area contributed by atoms with Gasteiger partial charge < -0.3 is 15.0 Å². The number of thioether (sulfide) groups is 1. The van der Waals surface area contributed by atoms with Crippen LogP contribution in [-0.4, -0.2) is 35.7 Å². The van der Waals surface area contributed by atoms with Gasteiger partial charge in [0.05, 0.1) is 25.0 Å². The van der Waals surface area contributed by atoms with Crippen LogP contribution in [0.25, 0.3) is 0 Å². The number of para-hydroxylation sites is 1. The third kappa shape index (κ3) is 5.08. The van der Waals surface area contributed by atoms with Crippen LogP contribution in [0, 0.1) is 0 Å². The van der Waals surface area contributed by atoms with Crippen molar-refractivity contribution in [2.45, 2.75) is 30.1 Å². The number of methoxy groups -OCH3 is 1. The first-order chi connectivity index (χ1) is 15.0. The van der Waals surface area contributed by atoms with E-state index in [1.165, 1.54) is 28.7 Å². The number of ether oxygens (including phenoxy) is 1. The van der Waals surface area contributed by atoms with Gasteiger partial charge in [-0.15, -0.1) is 11.3 Å². The summed E-state index contributed by atoms with van der Waals surface area (Å²) in [6.07, 6.45) is 1.14. The van der Waals surface area contributed by atoms with Crippen molar-refractivity contribution in [2.75, 3.05) is 23.1 Å². The zero-order valence-corrected chi connectivity index (χ0v) is 19.0. The van der Waals surface area contributed by atoms with E-state index in [9.17, 15) is 9.59 Å². The second-order valence-corrected chi connectivity index (χ2v) is 9.37. The first-order valence-electron chi connectivity index (χ1n) is 9.94. The molecule has 160 valence electrons. The first kappa shape index (κ1) is 21.4. The molecule has 0 saturated carbocycles. The monoisotopic (exact) mass is 453 g/mol. The molecule has 1 aliphatic heterocycles. The molecule has 0 aliphatic carbocycles. The standard InChI is InChI=1S/C23H23N3O3S2/c1-15-11-16-5-3-4-6-20(16)26(15)22(28)12-18-13-30-23(25-18)31-14-21(27)24-17-7-9-19(29-2)10-8-17/h3-10,13,15H,11-12,14H2,1-2H3,(H,24,27)/t15-/m0/s1. The molecule has 1 aliphatic rings. The van der Waals surface area contributed by atoms with Crippen molar-refractivity contribution in [1.29, 1.82) is 0 Å². The lowest BCUT2D eigenvalue weighted by atomic mass is 10.1. The van der Waals surface area contributed by atoms with Gasteiger partial charge in [0, 0.05) is 22.8 Å². The lowest BCUT2D eigenvalue weighted by molar-refractivity contribution is -0.118. The average molecular weight is 454 g/mol. The molecule has 2 heterocycles. The van der Waals surface area contributed by atoms with Crippen LogP contribution in [0.1, 0.15) is 18.2 Å². The summed E-state index contributed by atoms with van der Waals surface area (Å²) in [5, 5.41) is 4.75. The van der Waals surface area contributed by atoms with Crippen molar-refractivity contribution in [3.05, 3.63) is 65.2 Å². The second kappa shape index (κ2) is 9.53. The van der Waals surface area contributed by atoms with E-state index in [2.05, 4.69) is 23.3 Å². The highest BCUT2D eigenvalue weighted by Gasteiger charge is 2.30. The van der Waals surface area contributed by atoms with Gasteiger partial charge in [-0.1, -0.05) is 30.0 Å². The van der Waals surface area contributed by atoms with E-state index < -0.39 is 0 Å². The Balaban J connectivity index is 1.30. The maximum Gasteiger partial charge on any atom is 0.234 e. The van der Waals surface area contributed by atoms with Crippen LogP contribution in [0.4, 0.5) is 11.4 Å². The molecule has 0 spiro atoms. The molecule has 8 heteroatoms. The molecule has 0 bridgehead atoms. The minimum atomic E-state index is -0.106. The van der Waals surface area contributed by atoms with Crippen LogP contribution in [0.3, 0.4) is 0 Å². The summed E-state index contributed by atoms with van der Waals surface area (Å²) >= 11 is 2.83.